The third kappa shape index (κ3) is 4.74. The summed E-state index contributed by atoms with van der Waals surface area (Å²) in [4.78, 5) is 10.8. The number of amides is 1. The predicted octanol–water partition coefficient (Wildman–Crippen LogP) is 3.81. The molecular weight excluding hydrogens is 246 g/mol. The minimum atomic E-state index is -0.00255. The summed E-state index contributed by atoms with van der Waals surface area (Å²) in [5.41, 5.74) is 3.78. The minimum Gasteiger partial charge on any atom is -0.355 e. The molecule has 1 rings (SSSR count). The first-order chi connectivity index (χ1) is 9.43. The first kappa shape index (κ1) is 16.3. The number of benzene rings is 1. The van der Waals surface area contributed by atoms with Crippen molar-refractivity contribution >= 4 is 5.91 Å². The van der Waals surface area contributed by atoms with Gasteiger partial charge in [0, 0.05) is 25.5 Å². The fourth-order valence-corrected chi connectivity index (χ4v) is 2.15. The number of nitrogens with one attached hydrogen (secondary N) is 1. The molecule has 0 aliphatic heterocycles. The minimum absolute atomic E-state index is 0.00255. The zero-order valence-electron chi connectivity index (χ0n) is 13.2. The van der Waals surface area contributed by atoms with Crippen LogP contribution in [0, 0.1) is 11.8 Å². The van der Waals surface area contributed by atoms with Gasteiger partial charge >= 0.3 is 0 Å². The molecule has 0 bridgehead atoms. The SMILES string of the molecule is CC(=O)NCCC#Cc1c(C(C)C)cccc1C(C)C. The standard InChI is InChI=1S/C18H25NO/c1-13(2)16-10-8-11-17(14(3)4)18(16)9-6-7-12-19-15(5)20/h8,10-11,13-14H,7,12H2,1-5H3,(H,19,20). The Morgan fingerprint density at radius 3 is 2.15 bits per heavy atom. The fourth-order valence-electron chi connectivity index (χ4n) is 2.15. The van der Waals surface area contributed by atoms with Crippen molar-refractivity contribution in [1.29, 1.82) is 0 Å². The van der Waals surface area contributed by atoms with E-state index < -0.39 is 0 Å². The smallest absolute Gasteiger partial charge is 0.216 e. The lowest BCUT2D eigenvalue weighted by Crippen LogP contribution is -2.20. The molecule has 0 heterocycles. The number of carbonyl (C=O) groups excluding carboxylic acids is 1. The van der Waals surface area contributed by atoms with E-state index in [9.17, 15) is 4.79 Å². The van der Waals surface area contributed by atoms with Crippen LogP contribution in [-0.2, 0) is 4.79 Å². The van der Waals surface area contributed by atoms with E-state index in [0.29, 0.717) is 24.8 Å². The van der Waals surface area contributed by atoms with Crippen molar-refractivity contribution in [2.24, 2.45) is 0 Å². The maximum absolute atomic E-state index is 10.8. The number of hydrogen-bond acceptors (Lipinski definition) is 1. The average Bonchev–Trinajstić information content (AvgIpc) is 2.37. The highest BCUT2D eigenvalue weighted by atomic mass is 16.1. The Morgan fingerprint density at radius 2 is 1.70 bits per heavy atom. The van der Waals surface area contributed by atoms with Crippen LogP contribution in [0.3, 0.4) is 0 Å². The van der Waals surface area contributed by atoms with E-state index in [1.54, 1.807) is 0 Å². The van der Waals surface area contributed by atoms with Gasteiger partial charge in [-0.2, -0.15) is 0 Å². The lowest BCUT2D eigenvalue weighted by Gasteiger charge is -2.15. The molecule has 2 heteroatoms. The van der Waals surface area contributed by atoms with Crippen molar-refractivity contribution in [2.75, 3.05) is 6.54 Å². The van der Waals surface area contributed by atoms with E-state index in [4.69, 9.17) is 0 Å². The second kappa shape index (κ2) is 7.75. The van der Waals surface area contributed by atoms with Crippen molar-refractivity contribution in [3.05, 3.63) is 34.9 Å². The zero-order chi connectivity index (χ0) is 15.1. The molecule has 1 aromatic rings. The second-order valence-electron chi connectivity index (χ2n) is 5.66. The van der Waals surface area contributed by atoms with Gasteiger partial charge in [-0.25, -0.2) is 0 Å². The van der Waals surface area contributed by atoms with E-state index in [-0.39, 0.29) is 5.91 Å². The Bertz CT molecular complexity index is 492. The molecule has 0 saturated carbocycles. The van der Waals surface area contributed by atoms with E-state index in [1.165, 1.54) is 23.6 Å². The maximum atomic E-state index is 10.8. The number of rotatable bonds is 4. The molecular formula is C18H25NO. The molecule has 1 amide bonds. The van der Waals surface area contributed by atoms with Crippen molar-refractivity contribution in [2.45, 2.75) is 52.9 Å². The third-order valence-corrected chi connectivity index (χ3v) is 3.21. The summed E-state index contributed by atoms with van der Waals surface area (Å²) in [6.45, 7) is 10.9. The highest BCUT2D eigenvalue weighted by Crippen LogP contribution is 2.26. The summed E-state index contributed by atoms with van der Waals surface area (Å²) in [5.74, 6) is 7.43. The van der Waals surface area contributed by atoms with Crippen LogP contribution in [0.1, 0.15) is 69.6 Å². The Kier molecular flexibility index (Phi) is 6.31. The molecule has 1 N–H and O–H groups in total. The Balaban J connectivity index is 2.96. The molecule has 0 radical (unpaired) electrons. The fraction of sp³-hybridized carbons (Fsp3) is 0.500. The summed E-state index contributed by atoms with van der Waals surface area (Å²) in [5, 5.41) is 2.77. The van der Waals surface area contributed by atoms with Gasteiger partial charge in [0.25, 0.3) is 0 Å². The van der Waals surface area contributed by atoms with Crippen LogP contribution in [0.5, 0.6) is 0 Å². The summed E-state index contributed by atoms with van der Waals surface area (Å²) in [7, 11) is 0. The normalized spacial score (nSPS) is 10.3. The van der Waals surface area contributed by atoms with Crippen LogP contribution in [-0.4, -0.2) is 12.5 Å². The van der Waals surface area contributed by atoms with Crippen LogP contribution in [0.15, 0.2) is 18.2 Å². The lowest BCUT2D eigenvalue weighted by molar-refractivity contribution is -0.118. The van der Waals surface area contributed by atoms with Crippen molar-refractivity contribution in [3.63, 3.8) is 0 Å². The second-order valence-corrected chi connectivity index (χ2v) is 5.66. The first-order valence-electron chi connectivity index (χ1n) is 7.29. The van der Waals surface area contributed by atoms with Gasteiger partial charge < -0.3 is 5.32 Å². The van der Waals surface area contributed by atoms with Crippen LogP contribution in [0.25, 0.3) is 0 Å². The predicted molar refractivity (Wildman–Crippen MR) is 84.8 cm³/mol. The highest BCUT2D eigenvalue weighted by Gasteiger charge is 2.11. The third-order valence-electron chi connectivity index (χ3n) is 3.21. The Labute approximate surface area is 123 Å². The molecule has 0 saturated heterocycles. The summed E-state index contributed by atoms with van der Waals surface area (Å²) in [6.07, 6.45) is 0.684. The first-order valence-corrected chi connectivity index (χ1v) is 7.29. The van der Waals surface area contributed by atoms with E-state index in [1.807, 2.05) is 0 Å². The molecule has 20 heavy (non-hydrogen) atoms. The topological polar surface area (TPSA) is 29.1 Å². The van der Waals surface area contributed by atoms with Gasteiger partial charge in [0.05, 0.1) is 0 Å². The van der Waals surface area contributed by atoms with Gasteiger partial charge in [-0.3, -0.25) is 4.79 Å². The van der Waals surface area contributed by atoms with E-state index in [0.717, 1.165) is 0 Å². The molecule has 0 aliphatic rings. The van der Waals surface area contributed by atoms with Gasteiger partial charge in [-0.15, -0.1) is 0 Å². The van der Waals surface area contributed by atoms with Crippen LogP contribution in [0.4, 0.5) is 0 Å². The number of hydrogen-bond donors (Lipinski definition) is 1. The molecule has 0 spiro atoms. The van der Waals surface area contributed by atoms with Crippen molar-refractivity contribution in [1.82, 2.24) is 5.32 Å². The van der Waals surface area contributed by atoms with E-state index in [2.05, 4.69) is 63.1 Å². The van der Waals surface area contributed by atoms with Gasteiger partial charge in [-0.1, -0.05) is 57.7 Å². The van der Waals surface area contributed by atoms with Gasteiger partial charge in [0.1, 0.15) is 0 Å². The molecule has 0 atom stereocenters. The Hall–Kier alpha value is -1.75. The summed E-state index contributed by atoms with van der Waals surface area (Å²) < 4.78 is 0. The zero-order valence-corrected chi connectivity index (χ0v) is 13.2. The summed E-state index contributed by atoms with van der Waals surface area (Å²) >= 11 is 0. The van der Waals surface area contributed by atoms with Crippen LogP contribution in [0.2, 0.25) is 0 Å². The Morgan fingerprint density at radius 1 is 1.15 bits per heavy atom. The summed E-state index contributed by atoms with van der Waals surface area (Å²) in [6, 6.07) is 6.44. The van der Waals surface area contributed by atoms with Crippen LogP contribution < -0.4 is 5.32 Å². The molecule has 0 aliphatic carbocycles. The van der Waals surface area contributed by atoms with Crippen molar-refractivity contribution < 1.29 is 4.79 Å². The molecule has 0 aromatic heterocycles. The quantitative estimate of drug-likeness (QED) is 0.655. The molecule has 2 nitrogen and oxygen atoms in total. The van der Waals surface area contributed by atoms with Gasteiger partial charge in [0.2, 0.25) is 5.91 Å². The van der Waals surface area contributed by atoms with E-state index >= 15 is 0 Å². The van der Waals surface area contributed by atoms with Crippen molar-refractivity contribution in [3.8, 4) is 11.8 Å². The largest absolute Gasteiger partial charge is 0.355 e. The van der Waals surface area contributed by atoms with Gasteiger partial charge in [-0.05, 0) is 23.0 Å². The molecule has 108 valence electrons. The number of carbonyl (C=O) groups is 1. The average molecular weight is 271 g/mol. The van der Waals surface area contributed by atoms with Crippen LogP contribution >= 0.6 is 0 Å². The highest BCUT2D eigenvalue weighted by molar-refractivity contribution is 5.72. The monoisotopic (exact) mass is 271 g/mol. The lowest BCUT2D eigenvalue weighted by atomic mass is 9.89. The molecule has 1 aromatic carbocycles. The maximum Gasteiger partial charge on any atom is 0.216 e. The molecule has 0 unspecified atom stereocenters. The van der Waals surface area contributed by atoms with Gasteiger partial charge in [0.15, 0.2) is 0 Å². The molecule has 0 fully saturated rings.